The van der Waals surface area contributed by atoms with Crippen LogP contribution in [0.1, 0.15) is 173 Å². The van der Waals surface area contributed by atoms with E-state index < -0.39 is 42.7 Å². The van der Waals surface area contributed by atoms with Crippen LogP contribution in [0.25, 0.3) is 0 Å². The number of hydrogen-bond acceptors (Lipinski definition) is 14. The maximum absolute atomic E-state index is 9.43. The van der Waals surface area contributed by atoms with Gasteiger partial charge in [0.1, 0.15) is 0 Å². The van der Waals surface area contributed by atoms with Crippen molar-refractivity contribution in [1.29, 1.82) is 0 Å². The van der Waals surface area contributed by atoms with Crippen LogP contribution >= 0.6 is 0 Å². The molecule has 0 heterocycles. The molecular weight excluding hydrogens is 849 g/mol. The number of nitrogens with one attached hydrogen (secondary N) is 4. The van der Waals surface area contributed by atoms with Crippen LogP contribution in [0.4, 0.5) is 0 Å². The summed E-state index contributed by atoms with van der Waals surface area (Å²) in [6, 6.07) is 0. The monoisotopic (exact) mass is 975 g/mol. The Kier molecular flexibility index (Phi) is 69.7. The molecule has 0 amide bonds. The van der Waals surface area contributed by atoms with Crippen molar-refractivity contribution in [2.75, 3.05) is 102 Å². The number of hydrogen-bond donors (Lipinski definition) is 12. The third kappa shape index (κ3) is 65.4. The van der Waals surface area contributed by atoms with Gasteiger partial charge in [0, 0.05) is 0 Å². The summed E-state index contributed by atoms with van der Waals surface area (Å²) in [5.41, 5.74) is 0.193. The maximum atomic E-state index is 9.43. The molecule has 3 rings (SSSR count). The molecule has 12 N–H and O–H groups in total. The van der Waals surface area contributed by atoms with Gasteiger partial charge in [-0.15, -0.1) is 0 Å². The predicted octanol–water partition coefficient (Wildman–Crippen LogP) is 6.21. The average Bonchev–Trinajstić information content (AvgIpc) is 3.26. The summed E-state index contributed by atoms with van der Waals surface area (Å²) >= 11 is 0. The lowest BCUT2D eigenvalue weighted by Crippen LogP contribution is -2.42. The van der Waals surface area contributed by atoms with Gasteiger partial charge < -0.3 is 71.9 Å². The fraction of sp³-hybridized carbons (Fsp3) is 1.00. The molecule has 0 aromatic rings. The average molecular weight is 976 g/mol. The minimum Gasteiger partial charge on any atom is -0.394 e. The molecule has 67 heavy (non-hydrogen) atoms. The molecule has 3 saturated carbocycles. The summed E-state index contributed by atoms with van der Waals surface area (Å²) in [5, 5.41) is 83.8. The van der Waals surface area contributed by atoms with Gasteiger partial charge in [0.2, 0.25) is 0 Å². The first-order valence-corrected chi connectivity index (χ1v) is 26.5. The van der Waals surface area contributed by atoms with E-state index in [9.17, 15) is 25.5 Å². The van der Waals surface area contributed by atoms with Crippen LogP contribution in [0, 0.1) is 29.1 Å². The van der Waals surface area contributed by atoms with Crippen molar-refractivity contribution in [2.45, 2.75) is 216 Å². The standard InChI is InChI=1S/C9H18O2.C8H16O2.C7H14O2.3C5H13N.2C4H11N.C3H9N.C3H8O2/c1-6-4-9(2,3)5-7(10)8(6)11;1-5-3-6(2)8(10)7(9)4-5;1-5-3-2-4-6(8)7(5)9;1-4-5-6(2)3;2*1-3-4-5-6-2;1-4-5(2)3;1-3-4-5-2;1-3-4-2;1-3(5)2-4/h6-8,10-11H,4-5H2,1-3H3;5-10H,3-4H2,1-2H3;5-9H,2-4H2,1H3;4-5H2,1-3H3;2*6H,3-5H2,1-2H3;4H2,1-3H3;5H,3-4H2,1-2H3;4H,3H2,1-2H3;3-5H,2H2,1H3. The molecule has 416 valence electrons. The number of nitrogens with zero attached hydrogens (tertiary/aromatic N) is 2. The molecule has 3 aliphatic rings. The van der Waals surface area contributed by atoms with Crippen LogP contribution in [0.2, 0.25) is 0 Å². The van der Waals surface area contributed by atoms with Crippen molar-refractivity contribution in [3.63, 3.8) is 0 Å². The normalized spacial score (nSPS) is 26.0. The van der Waals surface area contributed by atoms with E-state index in [2.05, 4.69) is 122 Å². The van der Waals surface area contributed by atoms with Crippen LogP contribution in [-0.4, -0.2) is 196 Å². The minimum absolute atomic E-state index is 0.139. The van der Waals surface area contributed by atoms with Gasteiger partial charge in [-0.2, -0.15) is 0 Å². The van der Waals surface area contributed by atoms with Gasteiger partial charge in [0.05, 0.1) is 49.3 Å². The lowest BCUT2D eigenvalue weighted by Gasteiger charge is -2.40. The van der Waals surface area contributed by atoms with Crippen molar-refractivity contribution < 1.29 is 40.9 Å². The van der Waals surface area contributed by atoms with E-state index in [-0.39, 0.29) is 29.8 Å². The van der Waals surface area contributed by atoms with E-state index in [1.165, 1.54) is 52.0 Å². The van der Waals surface area contributed by atoms with Crippen molar-refractivity contribution >= 4 is 0 Å². The van der Waals surface area contributed by atoms with Crippen LogP contribution in [0.5, 0.6) is 0 Å². The molecule has 14 nitrogen and oxygen atoms in total. The minimum atomic E-state index is -0.560. The Bertz CT molecular complexity index is 832. The van der Waals surface area contributed by atoms with Gasteiger partial charge in [0.15, 0.2) is 0 Å². The van der Waals surface area contributed by atoms with Gasteiger partial charge in [-0.25, -0.2) is 0 Å². The molecule has 0 aliphatic heterocycles. The highest BCUT2D eigenvalue weighted by Crippen LogP contribution is 2.38. The Morgan fingerprint density at radius 1 is 0.552 bits per heavy atom. The quantitative estimate of drug-likeness (QED) is 0.0926. The summed E-state index contributed by atoms with van der Waals surface area (Å²) in [6.07, 6.45) is 10.6. The fourth-order valence-electron chi connectivity index (χ4n) is 6.72. The van der Waals surface area contributed by atoms with Crippen LogP contribution in [-0.2, 0) is 0 Å². The third-order valence-electron chi connectivity index (χ3n) is 11.1. The first-order chi connectivity index (χ1) is 31.2. The van der Waals surface area contributed by atoms with Crippen molar-refractivity contribution in [3.05, 3.63) is 0 Å². The fourth-order valence-corrected chi connectivity index (χ4v) is 6.72. The molecule has 0 spiro atoms. The molecule has 0 radical (unpaired) electrons. The number of unbranched alkanes of at least 4 members (excludes halogenated alkanes) is 2. The zero-order valence-corrected chi connectivity index (χ0v) is 48.5. The highest BCUT2D eigenvalue weighted by molar-refractivity contribution is 4.88. The molecule has 0 aromatic heterocycles. The summed E-state index contributed by atoms with van der Waals surface area (Å²) < 4.78 is 0. The first-order valence-electron chi connectivity index (χ1n) is 26.5. The summed E-state index contributed by atoms with van der Waals surface area (Å²) in [5.74, 6) is 1.34. The highest BCUT2D eigenvalue weighted by Gasteiger charge is 2.37. The Morgan fingerprint density at radius 3 is 1.19 bits per heavy atom. The lowest BCUT2D eigenvalue weighted by atomic mass is 9.70. The molecule has 0 aromatic carbocycles. The Morgan fingerprint density at radius 2 is 0.970 bits per heavy atom. The topological polar surface area (TPSA) is 216 Å². The van der Waals surface area contributed by atoms with E-state index in [0.717, 1.165) is 77.7 Å². The van der Waals surface area contributed by atoms with E-state index in [4.69, 9.17) is 15.3 Å². The van der Waals surface area contributed by atoms with Crippen molar-refractivity contribution in [3.8, 4) is 0 Å². The molecule has 3 aliphatic carbocycles. The Labute approximate surface area is 418 Å². The van der Waals surface area contributed by atoms with Gasteiger partial charge in [-0.1, -0.05) is 102 Å². The second-order valence-corrected chi connectivity index (χ2v) is 20.1. The van der Waals surface area contributed by atoms with E-state index in [1.54, 1.807) is 0 Å². The number of aliphatic hydroxyl groups is 8. The van der Waals surface area contributed by atoms with Crippen LogP contribution in [0.3, 0.4) is 0 Å². The zero-order valence-electron chi connectivity index (χ0n) is 48.5. The number of aliphatic hydroxyl groups excluding tert-OH is 8. The molecular formula is C53H126N6O8. The number of rotatable bonds is 13. The van der Waals surface area contributed by atoms with E-state index in [0.29, 0.717) is 5.92 Å². The smallest absolute Gasteiger partial charge is 0.0824 e. The summed E-state index contributed by atoms with van der Waals surface area (Å²) in [7, 11) is 16.1. The van der Waals surface area contributed by atoms with Gasteiger partial charge >= 0.3 is 0 Å². The first kappa shape index (κ1) is 80.5. The second kappa shape index (κ2) is 58.0. The molecule has 11 atom stereocenters. The molecule has 11 unspecified atom stereocenters. The molecule has 3 fully saturated rings. The Balaban J connectivity index is -0.000000122. The molecule has 14 heteroatoms. The summed E-state index contributed by atoms with van der Waals surface area (Å²) in [6.45, 7) is 33.5. The largest absolute Gasteiger partial charge is 0.394 e. The molecule has 0 saturated heterocycles. The zero-order chi connectivity index (χ0) is 54.0. The SMILES string of the molecule is CC(O)CO.CC1CC(C)(C)CC(O)C1O.CC1CC(C)C(O)C(O)C1.CC1CCCC(O)C1O.CCCCNC.CCCCNC.CCCN(C)C.CCCNC.CCN(C)C.CCNC. The van der Waals surface area contributed by atoms with Crippen LogP contribution in [0.15, 0.2) is 0 Å². The van der Waals surface area contributed by atoms with Gasteiger partial charge in [-0.3, -0.25) is 0 Å². The van der Waals surface area contributed by atoms with Crippen molar-refractivity contribution in [2.24, 2.45) is 29.1 Å². The van der Waals surface area contributed by atoms with E-state index >= 15 is 0 Å². The van der Waals surface area contributed by atoms with Crippen LogP contribution < -0.4 is 21.3 Å². The highest BCUT2D eigenvalue weighted by atomic mass is 16.3. The lowest BCUT2D eigenvalue weighted by molar-refractivity contribution is -0.0755. The predicted molar refractivity (Wildman–Crippen MR) is 292 cm³/mol. The molecule has 0 bridgehead atoms. The summed E-state index contributed by atoms with van der Waals surface area (Å²) in [4.78, 5) is 4.31. The van der Waals surface area contributed by atoms with Crippen molar-refractivity contribution in [1.82, 2.24) is 31.1 Å². The van der Waals surface area contributed by atoms with Gasteiger partial charge in [-0.05, 0) is 196 Å². The van der Waals surface area contributed by atoms with E-state index in [1.807, 2.05) is 49.0 Å². The van der Waals surface area contributed by atoms with Gasteiger partial charge in [0.25, 0.3) is 0 Å². The maximum Gasteiger partial charge on any atom is 0.0824 e. The Hall–Kier alpha value is -0.560. The third-order valence-corrected chi connectivity index (χ3v) is 11.1. The second-order valence-electron chi connectivity index (χ2n) is 20.1.